The molecule has 5 rings (SSSR count). The van der Waals surface area contributed by atoms with Gasteiger partial charge in [0.1, 0.15) is 41.9 Å². The number of aromatic amines is 1. The molecule has 9 nitrogen and oxygen atoms in total. The number of rotatable bonds is 9. The Morgan fingerprint density at radius 3 is 2.64 bits per heavy atom. The number of alkyl halides is 1. The van der Waals surface area contributed by atoms with Crippen LogP contribution in [0, 0.1) is 25.6 Å². The van der Waals surface area contributed by atoms with Crippen molar-refractivity contribution in [2.75, 3.05) is 20.3 Å². The fourth-order valence-electron chi connectivity index (χ4n) is 5.13. The third-order valence-corrected chi connectivity index (χ3v) is 7.43. The lowest BCUT2D eigenvalue weighted by Gasteiger charge is -2.32. The molecule has 208 valence electrons. The zero-order valence-electron chi connectivity index (χ0n) is 22.3. The highest BCUT2D eigenvalue weighted by Gasteiger charge is 2.33. The van der Waals surface area contributed by atoms with Crippen LogP contribution in [0.5, 0.6) is 5.75 Å². The smallest absolute Gasteiger partial charge is 0.255 e. The maximum Gasteiger partial charge on any atom is 0.255 e. The lowest BCUT2D eigenvalue weighted by atomic mass is 9.89. The molecule has 2 aliphatic carbocycles. The summed E-state index contributed by atoms with van der Waals surface area (Å²) in [5.74, 6) is -0.339. The van der Waals surface area contributed by atoms with Crippen LogP contribution in [0.1, 0.15) is 53.7 Å². The van der Waals surface area contributed by atoms with Crippen molar-refractivity contribution < 1.29 is 27.8 Å². The van der Waals surface area contributed by atoms with Gasteiger partial charge in [0.2, 0.25) is 5.91 Å². The predicted octanol–water partition coefficient (Wildman–Crippen LogP) is 3.92. The van der Waals surface area contributed by atoms with E-state index in [1.54, 1.807) is 26.0 Å². The second kappa shape index (κ2) is 11.3. The van der Waals surface area contributed by atoms with Crippen molar-refractivity contribution in [3.8, 4) is 17.0 Å². The number of nitrogens with zero attached hydrogens (tertiary/aromatic N) is 2. The van der Waals surface area contributed by atoms with E-state index in [9.17, 15) is 14.0 Å². The van der Waals surface area contributed by atoms with Crippen molar-refractivity contribution in [2.45, 2.75) is 64.2 Å². The van der Waals surface area contributed by atoms with Crippen LogP contribution in [-0.2, 0) is 9.53 Å². The summed E-state index contributed by atoms with van der Waals surface area (Å²) >= 11 is 0. The number of H-pyrrole nitrogens is 1. The van der Waals surface area contributed by atoms with E-state index in [4.69, 9.17) is 9.47 Å². The molecule has 0 radical (unpaired) electrons. The second-order valence-corrected chi connectivity index (χ2v) is 10.5. The molecule has 2 amide bonds. The van der Waals surface area contributed by atoms with Crippen molar-refractivity contribution in [3.63, 3.8) is 0 Å². The average Bonchev–Trinajstić information content (AvgIpc) is 3.66. The number of aryl methyl sites for hydroxylation is 2. The zero-order valence-corrected chi connectivity index (χ0v) is 22.3. The molecule has 2 aliphatic rings. The third-order valence-electron chi connectivity index (χ3n) is 7.43. The van der Waals surface area contributed by atoms with E-state index >= 15 is 4.39 Å². The Morgan fingerprint density at radius 1 is 1.13 bits per heavy atom. The third kappa shape index (κ3) is 5.73. The number of aromatic nitrogens is 3. The molecule has 2 heterocycles. The number of halogens is 2. The Hall–Kier alpha value is -3.60. The first-order valence-electron chi connectivity index (χ1n) is 13.3. The quantitative estimate of drug-likeness (QED) is 0.378. The maximum absolute atomic E-state index is 15.5. The van der Waals surface area contributed by atoms with E-state index in [-0.39, 0.29) is 24.5 Å². The average molecular weight is 542 g/mol. The molecular weight excluding hydrogens is 508 g/mol. The highest BCUT2D eigenvalue weighted by molar-refractivity contribution is 6.09. The Bertz CT molecular complexity index is 1390. The molecule has 2 aromatic heterocycles. The van der Waals surface area contributed by atoms with E-state index in [1.807, 2.05) is 0 Å². The normalized spacial score (nSPS) is 21.1. The van der Waals surface area contributed by atoms with Gasteiger partial charge in [-0.3, -0.25) is 9.59 Å². The molecule has 3 N–H and O–H groups in total. The van der Waals surface area contributed by atoms with Gasteiger partial charge < -0.3 is 25.1 Å². The molecule has 0 bridgehead atoms. The second-order valence-electron chi connectivity index (χ2n) is 10.5. The number of hydrogen-bond acceptors (Lipinski definition) is 6. The summed E-state index contributed by atoms with van der Waals surface area (Å²) < 4.78 is 41.1. The fourth-order valence-corrected chi connectivity index (χ4v) is 5.13. The monoisotopic (exact) mass is 541 g/mol. The van der Waals surface area contributed by atoms with Crippen LogP contribution in [0.15, 0.2) is 18.5 Å². The summed E-state index contributed by atoms with van der Waals surface area (Å²) in [4.78, 5) is 37.1. The summed E-state index contributed by atoms with van der Waals surface area (Å²) in [7, 11) is 1.40. The lowest BCUT2D eigenvalue weighted by Crippen LogP contribution is -2.50. The first-order chi connectivity index (χ1) is 18.8. The van der Waals surface area contributed by atoms with E-state index in [0.29, 0.717) is 64.7 Å². The molecule has 2 fully saturated rings. The SMILES string of the molecule is COCC(=O)N[C@@H]1CC[C@H](NC(=O)c2c(C)[nH]c3c(-c4c(OCC5CC5)ccc(C)c4F)ncnc23)C[C@H]1F. The molecule has 3 atom stereocenters. The number of amides is 2. The first kappa shape index (κ1) is 27.0. The minimum Gasteiger partial charge on any atom is -0.492 e. The van der Waals surface area contributed by atoms with Crippen LogP contribution in [0.2, 0.25) is 0 Å². The van der Waals surface area contributed by atoms with Gasteiger partial charge in [-0.2, -0.15) is 0 Å². The number of carbonyl (C=O) groups excluding carboxylic acids is 2. The van der Waals surface area contributed by atoms with Gasteiger partial charge in [0.05, 0.1) is 29.3 Å². The van der Waals surface area contributed by atoms with Crippen molar-refractivity contribution in [3.05, 3.63) is 41.1 Å². The van der Waals surface area contributed by atoms with Crippen LogP contribution in [-0.4, -0.2) is 65.3 Å². The van der Waals surface area contributed by atoms with Crippen LogP contribution in [0.25, 0.3) is 22.3 Å². The predicted molar refractivity (Wildman–Crippen MR) is 141 cm³/mol. The molecule has 0 saturated heterocycles. The Morgan fingerprint density at radius 2 is 1.92 bits per heavy atom. The summed E-state index contributed by atoms with van der Waals surface area (Å²) in [5.41, 5.74) is 2.60. The summed E-state index contributed by atoms with van der Waals surface area (Å²) in [5, 5.41) is 5.56. The molecule has 0 aliphatic heterocycles. The van der Waals surface area contributed by atoms with Crippen LogP contribution in [0.4, 0.5) is 8.78 Å². The van der Waals surface area contributed by atoms with E-state index in [0.717, 1.165) is 12.8 Å². The van der Waals surface area contributed by atoms with Gasteiger partial charge >= 0.3 is 0 Å². The Balaban J connectivity index is 1.38. The van der Waals surface area contributed by atoms with Gasteiger partial charge in [-0.05, 0) is 57.1 Å². The van der Waals surface area contributed by atoms with Crippen molar-refractivity contribution in [2.24, 2.45) is 5.92 Å². The minimum absolute atomic E-state index is 0.0709. The van der Waals surface area contributed by atoms with Gasteiger partial charge in [0.15, 0.2) is 0 Å². The van der Waals surface area contributed by atoms with Crippen molar-refractivity contribution in [1.29, 1.82) is 0 Å². The number of ether oxygens (including phenoxy) is 2. The van der Waals surface area contributed by atoms with E-state index < -0.39 is 30.0 Å². The highest BCUT2D eigenvalue weighted by atomic mass is 19.1. The molecule has 0 spiro atoms. The largest absolute Gasteiger partial charge is 0.492 e. The summed E-state index contributed by atoms with van der Waals surface area (Å²) in [6.07, 6.45) is 3.16. The van der Waals surface area contributed by atoms with Crippen LogP contribution < -0.4 is 15.4 Å². The lowest BCUT2D eigenvalue weighted by molar-refractivity contribution is -0.126. The number of fused-ring (bicyclic) bond motifs is 1. The van der Waals surface area contributed by atoms with Gasteiger partial charge in [0, 0.05) is 25.3 Å². The maximum atomic E-state index is 15.5. The summed E-state index contributed by atoms with van der Waals surface area (Å²) in [6, 6.07) is 2.39. The summed E-state index contributed by atoms with van der Waals surface area (Å²) in [6.45, 7) is 3.79. The molecule has 39 heavy (non-hydrogen) atoms. The molecular formula is C28H33F2N5O4. The first-order valence-corrected chi connectivity index (χ1v) is 13.3. The van der Waals surface area contributed by atoms with Crippen LogP contribution >= 0.6 is 0 Å². The molecule has 2 saturated carbocycles. The van der Waals surface area contributed by atoms with Crippen LogP contribution in [0.3, 0.4) is 0 Å². The molecule has 0 unspecified atom stereocenters. The number of nitrogens with one attached hydrogen (secondary N) is 3. The van der Waals surface area contributed by atoms with Gasteiger partial charge in [0.25, 0.3) is 5.91 Å². The van der Waals surface area contributed by atoms with Gasteiger partial charge in [-0.1, -0.05) is 6.07 Å². The number of benzene rings is 1. The zero-order chi connectivity index (χ0) is 27.7. The van der Waals surface area contributed by atoms with Crippen molar-refractivity contribution >= 4 is 22.8 Å². The standard InChI is InChI=1S/C28H33F2N5O4/c1-14-4-9-20(39-11-16-5-6-16)23(24(14)30)26-27-25(31-13-32-26)22(15(2)33-27)28(37)34-17-7-8-19(18(29)10-17)35-21(36)12-38-3/h4,9,13,16-19,33H,5-8,10-12H2,1-3H3,(H,34,37)(H,35,36)/t17-,18+,19+/m0/s1. The van der Waals surface area contributed by atoms with Gasteiger partial charge in [-0.15, -0.1) is 0 Å². The number of hydrogen-bond donors (Lipinski definition) is 3. The Kier molecular flexibility index (Phi) is 7.79. The number of carbonyl (C=O) groups is 2. The van der Waals surface area contributed by atoms with E-state index in [2.05, 4.69) is 25.6 Å². The molecule has 3 aromatic rings. The topological polar surface area (TPSA) is 118 Å². The molecule has 11 heteroatoms. The highest BCUT2D eigenvalue weighted by Crippen LogP contribution is 2.39. The molecule has 1 aromatic carbocycles. The van der Waals surface area contributed by atoms with Gasteiger partial charge in [-0.25, -0.2) is 18.7 Å². The van der Waals surface area contributed by atoms with Crippen molar-refractivity contribution in [1.82, 2.24) is 25.6 Å². The fraction of sp³-hybridized carbons (Fsp3) is 0.500. The minimum atomic E-state index is -1.30. The number of methoxy groups -OCH3 is 1. The van der Waals surface area contributed by atoms with E-state index in [1.165, 1.54) is 13.4 Å². The Labute approximate surface area is 225 Å².